The van der Waals surface area contributed by atoms with Crippen LogP contribution in [0.25, 0.3) is 0 Å². The molecule has 3 N–H and O–H groups in total. The molecule has 0 bridgehead atoms. The highest BCUT2D eigenvalue weighted by Gasteiger charge is 2.06. The lowest BCUT2D eigenvalue weighted by molar-refractivity contribution is -0.120. The maximum Gasteiger partial charge on any atom is 0.233 e. The molecule has 0 aromatic rings. The van der Waals surface area contributed by atoms with Gasteiger partial charge in [-0.1, -0.05) is 13.8 Å². The number of carbonyl (C=O) groups is 1. The molecule has 0 rings (SSSR count). The number of aliphatic hydroxyl groups excluding tert-OH is 1. The van der Waals surface area contributed by atoms with E-state index in [-0.39, 0.29) is 18.6 Å². The standard InChI is InChI=1S/C10H22N2O2/c1-3-6-11-10(14)8-12-9(4-2)5-7-13/h9,12-13H,3-8H2,1-2H3,(H,11,14). The van der Waals surface area contributed by atoms with E-state index in [0.29, 0.717) is 13.0 Å². The van der Waals surface area contributed by atoms with Gasteiger partial charge >= 0.3 is 0 Å². The predicted molar refractivity (Wildman–Crippen MR) is 57.1 cm³/mol. The Kier molecular flexibility index (Phi) is 8.57. The van der Waals surface area contributed by atoms with E-state index in [9.17, 15) is 4.79 Å². The molecule has 0 aromatic heterocycles. The highest BCUT2D eigenvalue weighted by atomic mass is 16.3. The van der Waals surface area contributed by atoms with E-state index in [1.54, 1.807) is 0 Å². The molecule has 1 amide bonds. The zero-order chi connectivity index (χ0) is 10.8. The Morgan fingerprint density at radius 2 is 2.14 bits per heavy atom. The van der Waals surface area contributed by atoms with Crippen LogP contribution in [0.1, 0.15) is 33.1 Å². The van der Waals surface area contributed by atoms with Gasteiger partial charge in [-0.15, -0.1) is 0 Å². The Bertz CT molecular complexity index is 151. The van der Waals surface area contributed by atoms with E-state index in [4.69, 9.17) is 5.11 Å². The number of hydrogen-bond donors (Lipinski definition) is 3. The van der Waals surface area contributed by atoms with E-state index in [0.717, 1.165) is 19.4 Å². The number of aliphatic hydroxyl groups is 1. The molecule has 14 heavy (non-hydrogen) atoms. The molecular weight excluding hydrogens is 180 g/mol. The van der Waals surface area contributed by atoms with Gasteiger partial charge < -0.3 is 15.7 Å². The fourth-order valence-corrected chi connectivity index (χ4v) is 1.17. The minimum Gasteiger partial charge on any atom is -0.396 e. The zero-order valence-electron chi connectivity index (χ0n) is 9.18. The summed E-state index contributed by atoms with van der Waals surface area (Å²) in [6.07, 6.45) is 2.60. The summed E-state index contributed by atoms with van der Waals surface area (Å²) >= 11 is 0. The summed E-state index contributed by atoms with van der Waals surface area (Å²) in [5.41, 5.74) is 0. The minimum atomic E-state index is 0.0308. The third kappa shape index (κ3) is 6.86. The van der Waals surface area contributed by atoms with Crippen molar-refractivity contribution in [3.05, 3.63) is 0 Å². The monoisotopic (exact) mass is 202 g/mol. The first kappa shape index (κ1) is 13.4. The SMILES string of the molecule is CCCNC(=O)CNC(CC)CCO. The summed E-state index contributed by atoms with van der Waals surface area (Å²) in [6.45, 7) is 5.31. The van der Waals surface area contributed by atoms with Crippen molar-refractivity contribution in [3.8, 4) is 0 Å². The molecule has 0 aromatic carbocycles. The summed E-state index contributed by atoms with van der Waals surface area (Å²) in [6, 6.07) is 0.243. The first-order chi connectivity index (χ1) is 6.74. The van der Waals surface area contributed by atoms with Crippen LogP contribution in [0, 0.1) is 0 Å². The van der Waals surface area contributed by atoms with Crippen molar-refractivity contribution in [1.29, 1.82) is 0 Å². The smallest absolute Gasteiger partial charge is 0.233 e. The maximum atomic E-state index is 11.2. The molecular formula is C10H22N2O2. The molecule has 0 aliphatic heterocycles. The molecule has 0 fully saturated rings. The van der Waals surface area contributed by atoms with Crippen LogP contribution in [0.15, 0.2) is 0 Å². The number of hydrogen-bond acceptors (Lipinski definition) is 3. The molecule has 0 heterocycles. The summed E-state index contributed by atoms with van der Waals surface area (Å²) in [5.74, 6) is 0.0308. The lowest BCUT2D eigenvalue weighted by atomic mass is 10.1. The van der Waals surface area contributed by atoms with Gasteiger partial charge in [0.25, 0.3) is 0 Å². The summed E-state index contributed by atoms with van der Waals surface area (Å²) < 4.78 is 0. The maximum absolute atomic E-state index is 11.2. The van der Waals surface area contributed by atoms with Gasteiger partial charge in [0.2, 0.25) is 5.91 Å². The third-order valence-corrected chi connectivity index (χ3v) is 2.09. The highest BCUT2D eigenvalue weighted by molar-refractivity contribution is 5.77. The lowest BCUT2D eigenvalue weighted by Gasteiger charge is -2.15. The van der Waals surface area contributed by atoms with Crippen molar-refractivity contribution < 1.29 is 9.90 Å². The topological polar surface area (TPSA) is 61.4 Å². The Morgan fingerprint density at radius 1 is 1.43 bits per heavy atom. The van der Waals surface area contributed by atoms with Crippen LogP contribution in [0.3, 0.4) is 0 Å². The second kappa shape index (κ2) is 8.97. The number of nitrogens with one attached hydrogen (secondary N) is 2. The fraction of sp³-hybridized carbons (Fsp3) is 0.900. The van der Waals surface area contributed by atoms with Crippen molar-refractivity contribution in [3.63, 3.8) is 0 Å². The predicted octanol–water partition coefficient (Wildman–Crippen LogP) is 0.263. The molecule has 0 saturated carbocycles. The van der Waals surface area contributed by atoms with E-state index in [1.165, 1.54) is 0 Å². The summed E-state index contributed by atoms with van der Waals surface area (Å²) in [5, 5.41) is 14.6. The van der Waals surface area contributed by atoms with Crippen molar-refractivity contribution in [2.24, 2.45) is 0 Å². The molecule has 1 unspecified atom stereocenters. The summed E-state index contributed by atoms with van der Waals surface area (Å²) in [4.78, 5) is 11.2. The molecule has 84 valence electrons. The average molecular weight is 202 g/mol. The fourth-order valence-electron chi connectivity index (χ4n) is 1.17. The van der Waals surface area contributed by atoms with Gasteiger partial charge in [0.1, 0.15) is 0 Å². The first-order valence-corrected chi connectivity index (χ1v) is 5.35. The zero-order valence-corrected chi connectivity index (χ0v) is 9.18. The van der Waals surface area contributed by atoms with Gasteiger partial charge in [-0.25, -0.2) is 0 Å². The normalized spacial score (nSPS) is 12.5. The third-order valence-electron chi connectivity index (χ3n) is 2.09. The quantitative estimate of drug-likeness (QED) is 0.529. The molecule has 4 heteroatoms. The Hall–Kier alpha value is -0.610. The molecule has 1 atom stereocenters. The van der Waals surface area contributed by atoms with Crippen LogP contribution in [0.4, 0.5) is 0 Å². The molecule has 4 nitrogen and oxygen atoms in total. The Balaban J connectivity index is 3.52. The lowest BCUT2D eigenvalue weighted by Crippen LogP contribution is -2.39. The van der Waals surface area contributed by atoms with Crippen LogP contribution < -0.4 is 10.6 Å². The highest BCUT2D eigenvalue weighted by Crippen LogP contribution is 1.95. The van der Waals surface area contributed by atoms with E-state index in [1.807, 2.05) is 13.8 Å². The van der Waals surface area contributed by atoms with Crippen molar-refractivity contribution >= 4 is 5.91 Å². The molecule has 0 saturated heterocycles. The average Bonchev–Trinajstić information content (AvgIpc) is 2.21. The van der Waals surface area contributed by atoms with Gasteiger partial charge in [0.15, 0.2) is 0 Å². The number of amides is 1. The van der Waals surface area contributed by atoms with Crippen LogP contribution in [-0.2, 0) is 4.79 Å². The Morgan fingerprint density at radius 3 is 2.64 bits per heavy atom. The Labute approximate surface area is 86.1 Å². The molecule has 0 aliphatic carbocycles. The second-order valence-corrected chi connectivity index (χ2v) is 3.35. The van der Waals surface area contributed by atoms with Crippen molar-refractivity contribution in [2.75, 3.05) is 19.7 Å². The van der Waals surface area contributed by atoms with Crippen LogP contribution >= 0.6 is 0 Å². The van der Waals surface area contributed by atoms with Gasteiger partial charge in [0.05, 0.1) is 6.54 Å². The first-order valence-electron chi connectivity index (χ1n) is 5.35. The number of rotatable bonds is 8. The minimum absolute atomic E-state index is 0.0308. The molecule has 0 aliphatic rings. The second-order valence-electron chi connectivity index (χ2n) is 3.35. The van der Waals surface area contributed by atoms with Gasteiger partial charge in [-0.05, 0) is 19.3 Å². The van der Waals surface area contributed by atoms with Gasteiger partial charge in [-0.2, -0.15) is 0 Å². The van der Waals surface area contributed by atoms with Crippen molar-refractivity contribution in [2.45, 2.75) is 39.2 Å². The number of carbonyl (C=O) groups excluding carboxylic acids is 1. The van der Waals surface area contributed by atoms with Crippen LogP contribution in [0.5, 0.6) is 0 Å². The van der Waals surface area contributed by atoms with E-state index >= 15 is 0 Å². The summed E-state index contributed by atoms with van der Waals surface area (Å²) in [7, 11) is 0. The van der Waals surface area contributed by atoms with Crippen molar-refractivity contribution in [1.82, 2.24) is 10.6 Å². The van der Waals surface area contributed by atoms with Gasteiger partial charge in [-0.3, -0.25) is 4.79 Å². The molecule has 0 radical (unpaired) electrons. The van der Waals surface area contributed by atoms with Gasteiger partial charge in [0, 0.05) is 19.2 Å². The molecule has 0 spiro atoms. The van der Waals surface area contributed by atoms with E-state index in [2.05, 4.69) is 10.6 Å². The van der Waals surface area contributed by atoms with Crippen LogP contribution in [0.2, 0.25) is 0 Å². The van der Waals surface area contributed by atoms with E-state index < -0.39 is 0 Å². The largest absolute Gasteiger partial charge is 0.396 e. The van der Waals surface area contributed by atoms with Crippen LogP contribution in [-0.4, -0.2) is 36.8 Å².